The fourth-order valence-corrected chi connectivity index (χ4v) is 2.19. The molecule has 0 bridgehead atoms. The Morgan fingerprint density at radius 2 is 2.06 bits per heavy atom. The fourth-order valence-electron chi connectivity index (χ4n) is 1.55. The van der Waals surface area contributed by atoms with E-state index in [1.165, 1.54) is 6.07 Å². The molecule has 0 saturated heterocycles. The normalized spacial score (nSPS) is 13.6. The highest BCUT2D eigenvalue weighted by molar-refractivity contribution is 7.87. The van der Waals surface area contributed by atoms with Gasteiger partial charge in [0.1, 0.15) is 11.6 Å². The van der Waals surface area contributed by atoms with E-state index in [2.05, 4.69) is 4.72 Å². The summed E-state index contributed by atoms with van der Waals surface area (Å²) in [5.41, 5.74) is 0.0854. The summed E-state index contributed by atoms with van der Waals surface area (Å²) in [5.74, 6) is -1.50. The molecule has 1 unspecified atom stereocenters. The molecule has 0 aromatic heterocycles. The summed E-state index contributed by atoms with van der Waals surface area (Å²) in [6.45, 7) is 1.82. The van der Waals surface area contributed by atoms with Crippen molar-refractivity contribution in [3.05, 3.63) is 35.4 Å². The monoisotopic (exact) mass is 264 g/mol. The second-order valence-corrected chi connectivity index (χ2v) is 5.00. The van der Waals surface area contributed by atoms with Gasteiger partial charge in [-0.1, -0.05) is 19.4 Å². The molecule has 1 rings (SSSR count). The third kappa shape index (κ3) is 4.37. The zero-order valence-electron chi connectivity index (χ0n) is 9.28. The molecule has 0 fully saturated rings. The lowest BCUT2D eigenvalue weighted by molar-refractivity contribution is 0.506. The Bertz CT molecular complexity index is 491. The number of halogens is 2. The molecule has 1 aromatic carbocycles. The lowest BCUT2D eigenvalue weighted by atomic mass is 10.0. The topological polar surface area (TPSA) is 72.2 Å². The molecule has 1 aromatic rings. The lowest BCUT2D eigenvalue weighted by Gasteiger charge is -2.17. The van der Waals surface area contributed by atoms with Gasteiger partial charge in [0, 0.05) is 11.6 Å². The molecule has 3 N–H and O–H groups in total. The predicted molar refractivity (Wildman–Crippen MR) is 60.2 cm³/mol. The van der Waals surface area contributed by atoms with Crippen LogP contribution in [-0.4, -0.2) is 8.42 Å². The van der Waals surface area contributed by atoms with Gasteiger partial charge in [-0.15, -0.1) is 0 Å². The van der Waals surface area contributed by atoms with Gasteiger partial charge in [0.2, 0.25) is 0 Å². The molecule has 0 aliphatic rings. The van der Waals surface area contributed by atoms with Crippen LogP contribution in [0.15, 0.2) is 18.2 Å². The fraction of sp³-hybridized carbons (Fsp3) is 0.400. The van der Waals surface area contributed by atoms with Gasteiger partial charge in [-0.2, -0.15) is 13.1 Å². The average Bonchev–Trinajstić information content (AvgIpc) is 2.14. The van der Waals surface area contributed by atoms with E-state index in [-0.39, 0.29) is 5.56 Å². The quantitative estimate of drug-likeness (QED) is 0.847. The largest absolute Gasteiger partial charge is 0.274 e. The molecule has 0 spiro atoms. The molecular weight excluding hydrogens is 250 g/mol. The number of nitrogens with two attached hydrogens (primary N) is 1. The van der Waals surface area contributed by atoms with Gasteiger partial charge in [0.25, 0.3) is 10.2 Å². The summed E-state index contributed by atoms with van der Waals surface area (Å²) < 4.78 is 50.2. The van der Waals surface area contributed by atoms with Crippen molar-refractivity contribution in [2.24, 2.45) is 5.14 Å². The van der Waals surface area contributed by atoms with E-state index >= 15 is 0 Å². The van der Waals surface area contributed by atoms with E-state index in [4.69, 9.17) is 5.14 Å². The number of hydrogen-bond acceptors (Lipinski definition) is 2. The van der Waals surface area contributed by atoms with Crippen LogP contribution in [0.25, 0.3) is 0 Å². The Morgan fingerprint density at radius 1 is 1.41 bits per heavy atom. The van der Waals surface area contributed by atoms with Gasteiger partial charge < -0.3 is 0 Å². The van der Waals surface area contributed by atoms with Crippen LogP contribution in [0.4, 0.5) is 8.78 Å². The maximum absolute atomic E-state index is 13.5. The second kappa shape index (κ2) is 5.52. The minimum absolute atomic E-state index is 0.0854. The molecule has 96 valence electrons. The minimum atomic E-state index is -3.93. The molecule has 0 aliphatic heterocycles. The molecular formula is C10H14F2N2O2S. The van der Waals surface area contributed by atoms with E-state index in [1.54, 1.807) is 0 Å². The SMILES string of the molecule is CCCC(NS(N)(=O)=O)c1ccc(F)cc1F. The first-order valence-corrected chi connectivity index (χ1v) is 6.63. The van der Waals surface area contributed by atoms with E-state index < -0.39 is 27.9 Å². The van der Waals surface area contributed by atoms with Crippen LogP contribution in [-0.2, 0) is 10.2 Å². The van der Waals surface area contributed by atoms with E-state index in [0.29, 0.717) is 18.9 Å². The Balaban J connectivity index is 3.05. The van der Waals surface area contributed by atoms with Crippen molar-refractivity contribution in [3.63, 3.8) is 0 Å². The summed E-state index contributed by atoms with van der Waals surface area (Å²) >= 11 is 0. The summed E-state index contributed by atoms with van der Waals surface area (Å²) in [5, 5.41) is 4.85. The van der Waals surface area contributed by atoms with Crippen LogP contribution in [0.3, 0.4) is 0 Å². The minimum Gasteiger partial charge on any atom is -0.216 e. The Kier molecular flexibility index (Phi) is 4.55. The zero-order valence-corrected chi connectivity index (χ0v) is 10.1. The van der Waals surface area contributed by atoms with Crippen molar-refractivity contribution in [1.82, 2.24) is 4.72 Å². The molecule has 0 saturated carbocycles. The number of hydrogen-bond donors (Lipinski definition) is 2. The first kappa shape index (κ1) is 14.0. The third-order valence-electron chi connectivity index (χ3n) is 2.22. The molecule has 0 heterocycles. The molecule has 0 radical (unpaired) electrons. The van der Waals surface area contributed by atoms with Crippen molar-refractivity contribution in [2.45, 2.75) is 25.8 Å². The van der Waals surface area contributed by atoms with E-state index in [0.717, 1.165) is 6.07 Å². The highest BCUT2D eigenvalue weighted by Crippen LogP contribution is 2.22. The van der Waals surface area contributed by atoms with Gasteiger partial charge in [-0.25, -0.2) is 13.9 Å². The molecule has 7 heteroatoms. The van der Waals surface area contributed by atoms with Crippen LogP contribution in [0.5, 0.6) is 0 Å². The maximum atomic E-state index is 13.5. The van der Waals surface area contributed by atoms with Crippen molar-refractivity contribution < 1.29 is 17.2 Å². The standard InChI is InChI=1S/C10H14F2N2O2S/c1-2-3-10(14-17(13,15)16)8-5-4-7(11)6-9(8)12/h4-6,10,14H,2-3H2,1H3,(H2,13,15,16). The summed E-state index contributed by atoms with van der Waals surface area (Å²) in [4.78, 5) is 0. The van der Waals surface area contributed by atoms with Crippen molar-refractivity contribution in [3.8, 4) is 0 Å². The molecule has 1 atom stereocenters. The molecule has 17 heavy (non-hydrogen) atoms. The third-order valence-corrected chi connectivity index (χ3v) is 2.83. The summed E-state index contributed by atoms with van der Waals surface area (Å²) in [6, 6.07) is 2.22. The predicted octanol–water partition coefficient (Wildman–Crippen LogP) is 1.60. The van der Waals surface area contributed by atoms with Crippen LogP contribution >= 0.6 is 0 Å². The average molecular weight is 264 g/mol. The summed E-state index contributed by atoms with van der Waals surface area (Å²) in [7, 11) is -3.93. The number of rotatable bonds is 5. The molecule has 4 nitrogen and oxygen atoms in total. The van der Waals surface area contributed by atoms with Gasteiger partial charge in [0.05, 0.1) is 6.04 Å². The van der Waals surface area contributed by atoms with Gasteiger partial charge >= 0.3 is 0 Å². The lowest BCUT2D eigenvalue weighted by Crippen LogP contribution is -2.34. The van der Waals surface area contributed by atoms with Crippen LogP contribution in [0, 0.1) is 11.6 Å². The van der Waals surface area contributed by atoms with Gasteiger partial charge in [-0.3, -0.25) is 0 Å². The smallest absolute Gasteiger partial charge is 0.216 e. The molecule has 0 amide bonds. The maximum Gasteiger partial charge on any atom is 0.274 e. The van der Waals surface area contributed by atoms with Gasteiger partial charge in [0.15, 0.2) is 0 Å². The first-order valence-electron chi connectivity index (χ1n) is 5.08. The highest BCUT2D eigenvalue weighted by Gasteiger charge is 2.19. The number of benzene rings is 1. The Labute approximate surface area is 99.0 Å². The Morgan fingerprint density at radius 3 is 2.53 bits per heavy atom. The van der Waals surface area contributed by atoms with E-state index in [1.807, 2.05) is 6.92 Å². The van der Waals surface area contributed by atoms with Crippen molar-refractivity contribution in [2.75, 3.05) is 0 Å². The summed E-state index contributed by atoms with van der Waals surface area (Å²) in [6.07, 6.45) is 1.00. The molecule has 0 aliphatic carbocycles. The second-order valence-electron chi connectivity index (χ2n) is 3.67. The zero-order chi connectivity index (χ0) is 13.1. The van der Waals surface area contributed by atoms with Crippen LogP contribution < -0.4 is 9.86 Å². The van der Waals surface area contributed by atoms with Crippen LogP contribution in [0.2, 0.25) is 0 Å². The van der Waals surface area contributed by atoms with Gasteiger partial charge in [-0.05, 0) is 12.5 Å². The Hall–Kier alpha value is -1.05. The van der Waals surface area contributed by atoms with E-state index in [9.17, 15) is 17.2 Å². The van der Waals surface area contributed by atoms with Crippen molar-refractivity contribution in [1.29, 1.82) is 0 Å². The number of nitrogens with one attached hydrogen (secondary N) is 1. The first-order chi connectivity index (χ1) is 7.83. The highest BCUT2D eigenvalue weighted by atomic mass is 32.2. The van der Waals surface area contributed by atoms with Crippen LogP contribution in [0.1, 0.15) is 31.4 Å². The van der Waals surface area contributed by atoms with Crippen molar-refractivity contribution >= 4 is 10.2 Å².